The lowest BCUT2D eigenvalue weighted by atomic mass is 10.4. The molecule has 0 saturated carbocycles. The topological polar surface area (TPSA) is 102 Å². The summed E-state index contributed by atoms with van der Waals surface area (Å²) in [6.07, 6.45) is 3.21. The Labute approximate surface area is 127 Å². The first kappa shape index (κ1) is 15.7. The van der Waals surface area contributed by atoms with E-state index in [1.165, 1.54) is 12.3 Å². The van der Waals surface area contributed by atoms with Gasteiger partial charge in [0.25, 0.3) is 0 Å². The summed E-state index contributed by atoms with van der Waals surface area (Å²) in [7, 11) is -0.257. The van der Waals surface area contributed by atoms with Gasteiger partial charge in [-0.25, -0.2) is 23.1 Å². The van der Waals surface area contributed by atoms with Crippen LogP contribution in [0.1, 0.15) is 5.82 Å². The molecule has 2 rings (SSSR count). The number of aromatic nitrogens is 4. The molecule has 8 nitrogen and oxygen atoms in total. The fraction of sp³-hybridized carbons (Fsp3) is 0.364. The van der Waals surface area contributed by atoms with Crippen molar-refractivity contribution in [2.24, 2.45) is 7.05 Å². The minimum Gasteiger partial charge on any atom is -0.372 e. The van der Waals surface area contributed by atoms with Crippen molar-refractivity contribution in [3.63, 3.8) is 0 Å². The SMILES string of the molecule is CNc1ncc(S(=O)(=O)NCCc2ncn(C)n2)cc1Cl. The van der Waals surface area contributed by atoms with Crippen molar-refractivity contribution in [2.75, 3.05) is 18.9 Å². The number of anilines is 1. The van der Waals surface area contributed by atoms with Crippen molar-refractivity contribution in [2.45, 2.75) is 11.3 Å². The Kier molecular flexibility index (Phi) is 4.76. The highest BCUT2D eigenvalue weighted by atomic mass is 35.5. The van der Waals surface area contributed by atoms with E-state index in [-0.39, 0.29) is 16.5 Å². The zero-order valence-electron chi connectivity index (χ0n) is 11.5. The third kappa shape index (κ3) is 3.90. The molecule has 0 fully saturated rings. The van der Waals surface area contributed by atoms with E-state index in [2.05, 4.69) is 25.1 Å². The molecule has 2 aromatic heterocycles. The van der Waals surface area contributed by atoms with Gasteiger partial charge >= 0.3 is 0 Å². The predicted octanol–water partition coefficient (Wildman–Crippen LogP) is 0.426. The zero-order valence-corrected chi connectivity index (χ0v) is 13.1. The van der Waals surface area contributed by atoms with Crippen LogP contribution in [0.3, 0.4) is 0 Å². The van der Waals surface area contributed by atoms with Crippen molar-refractivity contribution < 1.29 is 8.42 Å². The molecule has 0 aromatic carbocycles. The number of halogens is 1. The fourth-order valence-electron chi connectivity index (χ4n) is 1.63. The van der Waals surface area contributed by atoms with Gasteiger partial charge in [0.15, 0.2) is 5.82 Å². The largest absolute Gasteiger partial charge is 0.372 e. The summed E-state index contributed by atoms with van der Waals surface area (Å²) < 4.78 is 28.2. The van der Waals surface area contributed by atoms with E-state index in [4.69, 9.17) is 11.6 Å². The molecule has 21 heavy (non-hydrogen) atoms. The van der Waals surface area contributed by atoms with Crippen LogP contribution in [0.25, 0.3) is 0 Å². The molecule has 0 saturated heterocycles. The van der Waals surface area contributed by atoms with Crippen LogP contribution in [-0.4, -0.2) is 41.8 Å². The van der Waals surface area contributed by atoms with Crippen LogP contribution in [0.2, 0.25) is 5.02 Å². The Hall–Kier alpha value is -1.71. The summed E-state index contributed by atoms with van der Waals surface area (Å²) in [4.78, 5) is 7.98. The number of rotatable bonds is 6. The van der Waals surface area contributed by atoms with Gasteiger partial charge in [0.2, 0.25) is 10.0 Å². The van der Waals surface area contributed by atoms with E-state index in [9.17, 15) is 8.42 Å². The van der Waals surface area contributed by atoms with Gasteiger partial charge in [-0.15, -0.1) is 0 Å². The molecule has 0 aliphatic heterocycles. The van der Waals surface area contributed by atoms with Gasteiger partial charge in [-0.3, -0.25) is 4.68 Å². The summed E-state index contributed by atoms with van der Waals surface area (Å²) in [6, 6.07) is 1.35. The molecule has 10 heteroatoms. The molecule has 0 amide bonds. The first-order valence-corrected chi connectivity index (χ1v) is 7.96. The van der Waals surface area contributed by atoms with Crippen molar-refractivity contribution in [3.05, 3.63) is 29.4 Å². The van der Waals surface area contributed by atoms with Gasteiger partial charge in [0, 0.05) is 33.3 Å². The lowest BCUT2D eigenvalue weighted by Crippen LogP contribution is -2.26. The van der Waals surface area contributed by atoms with Crippen LogP contribution in [0.15, 0.2) is 23.5 Å². The molecule has 0 spiro atoms. The quantitative estimate of drug-likeness (QED) is 0.796. The molecule has 2 N–H and O–H groups in total. The van der Waals surface area contributed by atoms with E-state index < -0.39 is 10.0 Å². The van der Waals surface area contributed by atoms with Crippen molar-refractivity contribution >= 4 is 27.4 Å². The number of sulfonamides is 1. The summed E-state index contributed by atoms with van der Waals surface area (Å²) in [6.45, 7) is 0.192. The van der Waals surface area contributed by atoms with Crippen LogP contribution in [-0.2, 0) is 23.5 Å². The molecule has 2 heterocycles. The van der Waals surface area contributed by atoms with E-state index in [0.29, 0.717) is 18.1 Å². The summed E-state index contributed by atoms with van der Waals surface area (Å²) >= 11 is 5.93. The zero-order chi connectivity index (χ0) is 15.5. The van der Waals surface area contributed by atoms with Gasteiger partial charge in [-0.1, -0.05) is 11.6 Å². The Balaban J connectivity index is 2.02. The van der Waals surface area contributed by atoms with Crippen LogP contribution >= 0.6 is 11.6 Å². The summed E-state index contributed by atoms with van der Waals surface area (Å²) in [5.41, 5.74) is 0. The molecule has 0 aliphatic carbocycles. The number of aryl methyl sites for hydroxylation is 1. The van der Waals surface area contributed by atoms with Gasteiger partial charge in [0.05, 0.1) is 5.02 Å². The lowest BCUT2D eigenvalue weighted by molar-refractivity contribution is 0.580. The Morgan fingerprint density at radius 3 is 2.71 bits per heavy atom. The van der Waals surface area contributed by atoms with Crippen LogP contribution in [0.4, 0.5) is 5.82 Å². The van der Waals surface area contributed by atoms with E-state index in [0.717, 1.165) is 0 Å². The standard InChI is InChI=1S/C11H15ClN6O2S/c1-13-11-9(12)5-8(6-14-11)21(19,20)16-4-3-10-15-7-18(2)17-10/h5-7,16H,3-4H2,1-2H3,(H,13,14). The van der Waals surface area contributed by atoms with Gasteiger partial charge in [-0.2, -0.15) is 5.10 Å². The molecule has 2 aromatic rings. The molecule has 0 unspecified atom stereocenters. The van der Waals surface area contributed by atoms with Gasteiger partial charge in [0.1, 0.15) is 17.0 Å². The third-order valence-electron chi connectivity index (χ3n) is 2.65. The normalized spacial score (nSPS) is 11.6. The number of pyridine rings is 1. The number of nitrogens with one attached hydrogen (secondary N) is 2. The first-order valence-electron chi connectivity index (χ1n) is 6.10. The second-order valence-corrected chi connectivity index (χ2v) is 6.41. The minimum atomic E-state index is -3.66. The number of nitrogens with zero attached hydrogens (tertiary/aromatic N) is 4. The molecule has 0 atom stereocenters. The first-order chi connectivity index (χ1) is 9.92. The van der Waals surface area contributed by atoms with E-state index in [1.807, 2.05) is 0 Å². The van der Waals surface area contributed by atoms with Crippen LogP contribution in [0.5, 0.6) is 0 Å². The molecular formula is C11H15ClN6O2S. The Morgan fingerprint density at radius 2 is 2.14 bits per heavy atom. The number of hydrogen-bond acceptors (Lipinski definition) is 6. The van der Waals surface area contributed by atoms with Crippen molar-refractivity contribution in [1.29, 1.82) is 0 Å². The second kappa shape index (κ2) is 6.37. The minimum absolute atomic E-state index is 0.0143. The van der Waals surface area contributed by atoms with Gasteiger partial charge < -0.3 is 5.32 Å². The summed E-state index contributed by atoms with van der Waals surface area (Å²) in [5, 5.41) is 7.07. The number of hydrogen-bond donors (Lipinski definition) is 2. The molecule has 0 bridgehead atoms. The maximum atomic E-state index is 12.1. The third-order valence-corrected chi connectivity index (χ3v) is 4.37. The average Bonchev–Trinajstić information content (AvgIpc) is 2.84. The van der Waals surface area contributed by atoms with Crippen molar-refractivity contribution in [1.82, 2.24) is 24.5 Å². The van der Waals surface area contributed by atoms with Gasteiger partial charge in [-0.05, 0) is 6.07 Å². The van der Waals surface area contributed by atoms with E-state index >= 15 is 0 Å². The summed E-state index contributed by atoms with van der Waals surface area (Å²) in [5.74, 6) is 0.996. The molecule has 0 aliphatic rings. The molecule has 0 radical (unpaired) electrons. The van der Waals surface area contributed by atoms with Crippen molar-refractivity contribution in [3.8, 4) is 0 Å². The molecular weight excluding hydrogens is 316 g/mol. The maximum absolute atomic E-state index is 12.1. The van der Waals surface area contributed by atoms with Crippen LogP contribution < -0.4 is 10.0 Å². The van der Waals surface area contributed by atoms with Crippen LogP contribution in [0, 0.1) is 0 Å². The fourth-order valence-corrected chi connectivity index (χ4v) is 2.96. The van der Waals surface area contributed by atoms with E-state index in [1.54, 1.807) is 25.1 Å². The lowest BCUT2D eigenvalue weighted by Gasteiger charge is -2.07. The highest BCUT2D eigenvalue weighted by Crippen LogP contribution is 2.21. The molecule has 114 valence electrons. The maximum Gasteiger partial charge on any atom is 0.242 e. The highest BCUT2D eigenvalue weighted by Gasteiger charge is 2.16. The predicted molar refractivity (Wildman–Crippen MR) is 78.7 cm³/mol. The smallest absolute Gasteiger partial charge is 0.242 e. The average molecular weight is 331 g/mol. The monoisotopic (exact) mass is 330 g/mol. The highest BCUT2D eigenvalue weighted by molar-refractivity contribution is 7.89. The Bertz CT molecular complexity index is 730. The second-order valence-electron chi connectivity index (χ2n) is 4.23. The Morgan fingerprint density at radius 1 is 1.38 bits per heavy atom.